The summed E-state index contributed by atoms with van der Waals surface area (Å²) in [5, 5.41) is 3.38. The van der Waals surface area contributed by atoms with E-state index in [4.69, 9.17) is 0 Å². The highest BCUT2D eigenvalue weighted by Gasteiger charge is 2.40. The zero-order valence-corrected chi connectivity index (χ0v) is 10.7. The third kappa shape index (κ3) is 3.76. The fraction of sp³-hybridized carbons (Fsp3) is 1.00. The molecule has 0 spiro atoms. The van der Waals surface area contributed by atoms with Gasteiger partial charge in [0.05, 0.1) is 11.5 Å². The lowest BCUT2D eigenvalue weighted by atomic mass is 9.83. The minimum atomic E-state index is -2.75. The van der Waals surface area contributed by atoms with Crippen molar-refractivity contribution in [3.05, 3.63) is 0 Å². The highest BCUT2D eigenvalue weighted by atomic mass is 32.2. The Hall–Kier alpha value is -0.0900. The van der Waals surface area contributed by atoms with Crippen LogP contribution in [0, 0.1) is 5.41 Å². The number of sulfone groups is 1. The van der Waals surface area contributed by atoms with E-state index >= 15 is 0 Å². The third-order valence-electron chi connectivity index (χ3n) is 3.18. The summed E-state index contributed by atoms with van der Waals surface area (Å²) in [6, 6.07) is 0. The summed E-state index contributed by atoms with van der Waals surface area (Å²) in [6.45, 7) is 6.12. The second-order valence-electron chi connectivity index (χ2n) is 4.77. The summed E-state index contributed by atoms with van der Waals surface area (Å²) in [5.41, 5.74) is 0.0305. The van der Waals surface area contributed by atoms with Gasteiger partial charge in [0.25, 0.3) is 0 Å². The van der Waals surface area contributed by atoms with Crippen LogP contribution < -0.4 is 5.32 Å². The summed E-state index contributed by atoms with van der Waals surface area (Å²) in [7, 11) is -2.75. The third-order valence-corrected chi connectivity index (χ3v) is 5.05. The van der Waals surface area contributed by atoms with Crippen molar-refractivity contribution in [2.75, 3.05) is 24.6 Å². The van der Waals surface area contributed by atoms with Gasteiger partial charge in [-0.1, -0.05) is 20.3 Å². The van der Waals surface area contributed by atoms with Crippen LogP contribution in [0.4, 0.5) is 0 Å². The SMILES string of the molecule is CCCNCC1(CCC)CCS(=O)(=O)C1. The van der Waals surface area contributed by atoms with Crippen molar-refractivity contribution in [2.24, 2.45) is 5.41 Å². The lowest BCUT2D eigenvalue weighted by molar-refractivity contribution is 0.287. The molecule has 0 saturated carbocycles. The monoisotopic (exact) mass is 233 g/mol. The first kappa shape index (κ1) is 13.0. The molecule has 1 aliphatic heterocycles. The second kappa shape index (κ2) is 5.30. The van der Waals surface area contributed by atoms with Crippen molar-refractivity contribution >= 4 is 9.84 Å². The molecule has 1 fully saturated rings. The smallest absolute Gasteiger partial charge is 0.150 e. The molecule has 0 aromatic heterocycles. The Bertz CT molecular complexity index is 287. The number of hydrogen-bond acceptors (Lipinski definition) is 3. The molecule has 1 heterocycles. The van der Waals surface area contributed by atoms with Crippen molar-refractivity contribution < 1.29 is 8.42 Å². The van der Waals surface area contributed by atoms with Crippen LogP contribution in [-0.4, -0.2) is 33.0 Å². The van der Waals surface area contributed by atoms with Crippen LogP contribution in [0.3, 0.4) is 0 Å². The van der Waals surface area contributed by atoms with Gasteiger partial charge in [-0.2, -0.15) is 0 Å². The standard InChI is InChI=1S/C11H23NO2S/c1-3-5-11(9-12-7-4-2)6-8-15(13,14)10-11/h12H,3-10H2,1-2H3. The Balaban J connectivity index is 2.56. The highest BCUT2D eigenvalue weighted by molar-refractivity contribution is 7.91. The van der Waals surface area contributed by atoms with Gasteiger partial charge in [0.1, 0.15) is 0 Å². The van der Waals surface area contributed by atoms with Crippen molar-refractivity contribution in [3.63, 3.8) is 0 Å². The second-order valence-corrected chi connectivity index (χ2v) is 6.95. The van der Waals surface area contributed by atoms with Crippen molar-refractivity contribution in [2.45, 2.75) is 39.5 Å². The Morgan fingerprint density at radius 1 is 1.27 bits per heavy atom. The molecule has 0 aromatic carbocycles. The van der Waals surface area contributed by atoms with Gasteiger partial charge in [-0.3, -0.25) is 0 Å². The van der Waals surface area contributed by atoms with Gasteiger partial charge in [-0.05, 0) is 31.2 Å². The van der Waals surface area contributed by atoms with Crippen LogP contribution >= 0.6 is 0 Å². The Labute approximate surface area is 93.6 Å². The van der Waals surface area contributed by atoms with Crippen LogP contribution in [-0.2, 0) is 9.84 Å². The minimum absolute atomic E-state index is 0.0305. The van der Waals surface area contributed by atoms with Gasteiger partial charge >= 0.3 is 0 Å². The van der Waals surface area contributed by atoms with Crippen molar-refractivity contribution in [3.8, 4) is 0 Å². The maximum atomic E-state index is 11.5. The van der Waals surface area contributed by atoms with Gasteiger partial charge in [-0.25, -0.2) is 8.42 Å². The van der Waals surface area contributed by atoms with E-state index in [9.17, 15) is 8.42 Å². The number of nitrogens with one attached hydrogen (secondary N) is 1. The van der Waals surface area contributed by atoms with E-state index in [0.717, 1.165) is 38.8 Å². The molecule has 1 rings (SSSR count). The van der Waals surface area contributed by atoms with Gasteiger partial charge in [0.15, 0.2) is 9.84 Å². The van der Waals surface area contributed by atoms with E-state index in [0.29, 0.717) is 11.5 Å². The van der Waals surface area contributed by atoms with E-state index < -0.39 is 9.84 Å². The van der Waals surface area contributed by atoms with Gasteiger partial charge in [0.2, 0.25) is 0 Å². The minimum Gasteiger partial charge on any atom is -0.316 e. The molecule has 1 aliphatic rings. The van der Waals surface area contributed by atoms with E-state index in [-0.39, 0.29) is 5.41 Å². The van der Waals surface area contributed by atoms with Crippen LogP contribution in [0.1, 0.15) is 39.5 Å². The quantitative estimate of drug-likeness (QED) is 0.709. The molecule has 0 radical (unpaired) electrons. The van der Waals surface area contributed by atoms with E-state index in [1.165, 1.54) is 0 Å². The highest BCUT2D eigenvalue weighted by Crippen LogP contribution is 2.36. The molecule has 4 heteroatoms. The van der Waals surface area contributed by atoms with Gasteiger partial charge < -0.3 is 5.32 Å². The zero-order chi connectivity index (χ0) is 11.4. The van der Waals surface area contributed by atoms with Gasteiger partial charge in [-0.15, -0.1) is 0 Å². The molecule has 1 N–H and O–H groups in total. The molecule has 0 amide bonds. The fourth-order valence-electron chi connectivity index (χ4n) is 2.47. The van der Waals surface area contributed by atoms with Gasteiger partial charge in [0, 0.05) is 6.54 Å². The normalized spacial score (nSPS) is 29.5. The summed E-state index contributed by atoms with van der Waals surface area (Å²) in [4.78, 5) is 0. The van der Waals surface area contributed by atoms with E-state index in [2.05, 4.69) is 19.2 Å². The summed E-state index contributed by atoms with van der Waals surface area (Å²) >= 11 is 0. The Morgan fingerprint density at radius 2 is 2.00 bits per heavy atom. The topological polar surface area (TPSA) is 46.2 Å². The molecule has 1 unspecified atom stereocenters. The van der Waals surface area contributed by atoms with Crippen LogP contribution in [0.5, 0.6) is 0 Å². The summed E-state index contributed by atoms with van der Waals surface area (Å²) in [5.74, 6) is 0.783. The molecule has 90 valence electrons. The first-order valence-corrected chi connectivity index (χ1v) is 7.77. The Morgan fingerprint density at radius 3 is 2.47 bits per heavy atom. The lowest BCUT2D eigenvalue weighted by Crippen LogP contribution is -2.35. The molecule has 3 nitrogen and oxygen atoms in total. The van der Waals surface area contributed by atoms with E-state index in [1.54, 1.807) is 0 Å². The maximum absolute atomic E-state index is 11.5. The fourth-order valence-corrected chi connectivity index (χ4v) is 4.68. The number of rotatable bonds is 6. The predicted molar refractivity (Wildman–Crippen MR) is 63.8 cm³/mol. The maximum Gasteiger partial charge on any atom is 0.150 e. The molecular weight excluding hydrogens is 210 g/mol. The lowest BCUT2D eigenvalue weighted by Gasteiger charge is -2.27. The summed E-state index contributed by atoms with van der Waals surface area (Å²) < 4.78 is 23.1. The van der Waals surface area contributed by atoms with E-state index in [1.807, 2.05) is 0 Å². The van der Waals surface area contributed by atoms with Crippen molar-refractivity contribution in [1.29, 1.82) is 0 Å². The molecule has 0 bridgehead atoms. The van der Waals surface area contributed by atoms with Crippen LogP contribution in [0.15, 0.2) is 0 Å². The average Bonchev–Trinajstić information content (AvgIpc) is 2.44. The largest absolute Gasteiger partial charge is 0.316 e. The zero-order valence-electron chi connectivity index (χ0n) is 9.88. The molecule has 15 heavy (non-hydrogen) atoms. The molecule has 1 saturated heterocycles. The summed E-state index contributed by atoms with van der Waals surface area (Å²) in [6.07, 6.45) is 4.06. The first-order valence-electron chi connectivity index (χ1n) is 5.95. The van der Waals surface area contributed by atoms with Crippen molar-refractivity contribution in [1.82, 2.24) is 5.32 Å². The molecule has 0 aliphatic carbocycles. The predicted octanol–water partition coefficient (Wildman–Crippen LogP) is 1.59. The van der Waals surface area contributed by atoms with Crippen LogP contribution in [0.2, 0.25) is 0 Å². The first-order chi connectivity index (χ1) is 7.04. The molecular formula is C11H23NO2S. The molecule has 0 aromatic rings. The molecule has 1 atom stereocenters. The number of hydrogen-bond donors (Lipinski definition) is 1. The Kier molecular flexibility index (Phi) is 4.59. The average molecular weight is 233 g/mol. The van der Waals surface area contributed by atoms with Crippen LogP contribution in [0.25, 0.3) is 0 Å².